The number of carbonyl (C=O) groups excluding carboxylic acids is 1. The zero-order chi connectivity index (χ0) is 44.0. The summed E-state index contributed by atoms with van der Waals surface area (Å²) in [6.07, 6.45) is 0.874. The number of nitrogens with one attached hydrogen (secondary N) is 3. The highest BCUT2D eigenvalue weighted by Crippen LogP contribution is 2.35. The Bertz CT molecular complexity index is 3260. The first-order chi connectivity index (χ1) is 27.8. The molecule has 5 aromatic rings. The van der Waals surface area contributed by atoms with Crippen LogP contribution in [-0.2, 0) is 54.8 Å². The molecule has 1 aliphatic carbocycles. The average Bonchev–Trinajstić information content (AvgIpc) is 3.12. The predicted molar refractivity (Wildman–Crippen MR) is 212 cm³/mol. The third kappa shape index (κ3) is 10.1. The van der Waals surface area contributed by atoms with Gasteiger partial charge in [0.1, 0.15) is 14.7 Å². The van der Waals surface area contributed by atoms with E-state index in [-0.39, 0.29) is 50.0 Å². The summed E-state index contributed by atoms with van der Waals surface area (Å²) in [5.41, 5.74) is 0.879. The molecule has 0 fully saturated rings. The Morgan fingerprint density at radius 2 is 1.33 bits per heavy atom. The lowest BCUT2D eigenvalue weighted by Crippen LogP contribution is -2.27. The van der Waals surface area contributed by atoms with Gasteiger partial charge in [0.15, 0.2) is 15.5 Å². The van der Waals surface area contributed by atoms with Crippen LogP contribution >= 0.6 is 11.6 Å². The molecule has 4 aromatic carbocycles. The van der Waals surface area contributed by atoms with E-state index in [0.29, 0.717) is 0 Å². The van der Waals surface area contributed by atoms with E-state index in [0.717, 1.165) is 36.4 Å². The third-order valence-electron chi connectivity index (χ3n) is 8.02. The standard InChI is InChI=1S/C31H24ClN7O16S5/c32-29-35-30(33-17-4-7-19(8-5-17)56(41,42)13-12-55-60(52,53)54)37-31(36-29)34-18-6-9-20-16(14-18)15-25(58(46,47)48)26(27(20)40)39-38-23-11-10-21-22(28(23)59(49,50)51)2-1-3-24(21)57(43,44)45/h1-11,14-15,38H,12-13H2,(H,43,44,45)(H,46,47,48)(H,49,50,51)(H,52,53,54)(H2,33,34,35,36,37)/b39-26+. The van der Waals surface area contributed by atoms with E-state index in [9.17, 15) is 60.5 Å². The quantitative estimate of drug-likeness (QED) is 0.0621. The topological polar surface area (TPSA) is 365 Å². The number of benzene rings is 4. The van der Waals surface area contributed by atoms with Crippen LogP contribution in [0.1, 0.15) is 15.9 Å². The number of sulfone groups is 1. The van der Waals surface area contributed by atoms with Gasteiger partial charge in [-0.05, 0) is 77.8 Å². The molecular weight excluding hydrogens is 922 g/mol. The van der Waals surface area contributed by atoms with Crippen molar-refractivity contribution in [3.8, 4) is 0 Å². The summed E-state index contributed by atoms with van der Waals surface area (Å²) in [6, 6.07) is 14.0. The Morgan fingerprint density at radius 3 is 1.93 bits per heavy atom. The first-order valence-electron chi connectivity index (χ1n) is 15.9. The summed E-state index contributed by atoms with van der Waals surface area (Å²) in [6.45, 7) is -0.824. The van der Waals surface area contributed by atoms with Crippen molar-refractivity contribution in [2.24, 2.45) is 5.10 Å². The summed E-state index contributed by atoms with van der Waals surface area (Å²) in [4.78, 5) is 22.8. The third-order valence-corrected chi connectivity index (χ3v) is 13.1. The molecular formula is C31H24ClN7O16S5. The second kappa shape index (κ2) is 16.2. The minimum atomic E-state index is -5.23. The van der Waals surface area contributed by atoms with Gasteiger partial charge in [-0.1, -0.05) is 18.2 Å². The fourth-order valence-corrected chi connectivity index (χ4v) is 9.42. The van der Waals surface area contributed by atoms with Crippen LogP contribution in [0.2, 0.25) is 5.28 Å². The number of nitrogens with zero attached hydrogens (tertiary/aromatic N) is 4. The summed E-state index contributed by atoms with van der Waals surface area (Å²) >= 11 is 6.09. The van der Waals surface area contributed by atoms with Crippen LogP contribution < -0.4 is 16.1 Å². The minimum absolute atomic E-state index is 0.0725. The maximum absolute atomic E-state index is 13.6. The molecule has 0 aliphatic heterocycles. The molecule has 0 saturated carbocycles. The van der Waals surface area contributed by atoms with Gasteiger partial charge < -0.3 is 10.6 Å². The van der Waals surface area contributed by atoms with Gasteiger partial charge in [0.05, 0.1) is 22.9 Å². The molecule has 0 bridgehead atoms. The van der Waals surface area contributed by atoms with Crippen molar-refractivity contribution in [2.75, 3.05) is 28.4 Å². The van der Waals surface area contributed by atoms with Crippen molar-refractivity contribution < 1.29 is 69.3 Å². The number of aromatic nitrogens is 3. The number of carbonyl (C=O) groups is 1. The van der Waals surface area contributed by atoms with E-state index in [4.69, 9.17) is 16.2 Å². The number of rotatable bonds is 14. The first kappa shape index (κ1) is 44.0. The molecule has 60 heavy (non-hydrogen) atoms. The van der Waals surface area contributed by atoms with Gasteiger partial charge in [-0.2, -0.15) is 53.7 Å². The molecule has 6 rings (SSSR count). The predicted octanol–water partition coefficient (Wildman–Crippen LogP) is 3.15. The number of hydrogen-bond acceptors (Lipinski definition) is 19. The zero-order valence-corrected chi connectivity index (χ0v) is 34.2. The van der Waals surface area contributed by atoms with Gasteiger partial charge in [-0.3, -0.25) is 28.4 Å². The van der Waals surface area contributed by atoms with Crippen LogP contribution in [0.15, 0.2) is 97.5 Å². The van der Waals surface area contributed by atoms with Gasteiger partial charge in [0.25, 0.3) is 30.4 Å². The van der Waals surface area contributed by atoms with Crippen molar-refractivity contribution in [3.05, 3.63) is 94.1 Å². The molecule has 0 saturated heterocycles. The van der Waals surface area contributed by atoms with E-state index in [1.165, 1.54) is 42.5 Å². The fourth-order valence-electron chi connectivity index (χ4n) is 5.56. The molecule has 29 heteroatoms. The first-order valence-corrected chi connectivity index (χ1v) is 23.6. The van der Waals surface area contributed by atoms with Gasteiger partial charge in [0.2, 0.25) is 23.0 Å². The second-order valence-corrected chi connectivity index (χ2v) is 19.7. The maximum Gasteiger partial charge on any atom is 0.397 e. The zero-order valence-electron chi connectivity index (χ0n) is 29.3. The van der Waals surface area contributed by atoms with Crippen LogP contribution in [0.4, 0.5) is 29.0 Å². The van der Waals surface area contributed by atoms with Crippen LogP contribution in [-0.4, -0.2) is 99.1 Å². The van der Waals surface area contributed by atoms with E-state index in [2.05, 4.69) is 40.3 Å². The lowest BCUT2D eigenvalue weighted by atomic mass is 9.94. The number of halogens is 1. The minimum Gasteiger partial charge on any atom is -0.324 e. The lowest BCUT2D eigenvalue weighted by Gasteiger charge is -2.18. The number of allylic oxidation sites excluding steroid dienone is 1. The molecule has 316 valence electrons. The number of hydrazone groups is 1. The molecule has 1 heterocycles. The molecule has 1 aliphatic rings. The number of hydrogen-bond donors (Lipinski definition) is 7. The summed E-state index contributed by atoms with van der Waals surface area (Å²) < 4.78 is 163. The van der Waals surface area contributed by atoms with Gasteiger partial charge in [-0.15, -0.1) is 0 Å². The Balaban J connectivity index is 1.26. The molecule has 23 nitrogen and oxygen atoms in total. The number of Topliss-reactive ketones (excluding diaryl/α,β-unsaturated/α-hetero) is 1. The highest BCUT2D eigenvalue weighted by molar-refractivity contribution is 7.91. The Labute approximate surface area is 344 Å². The number of ketones is 1. The van der Waals surface area contributed by atoms with Crippen molar-refractivity contribution in [2.45, 2.75) is 14.7 Å². The molecule has 0 atom stereocenters. The Hall–Kier alpha value is -5.53. The summed E-state index contributed by atoms with van der Waals surface area (Å²) in [5.74, 6) is -2.17. The smallest absolute Gasteiger partial charge is 0.324 e. The van der Waals surface area contributed by atoms with Crippen LogP contribution in [0.5, 0.6) is 0 Å². The fraction of sp³-hybridized carbons (Fsp3) is 0.0645. The maximum atomic E-state index is 13.6. The van der Waals surface area contributed by atoms with Crippen molar-refractivity contribution >= 4 is 119 Å². The van der Waals surface area contributed by atoms with Gasteiger partial charge in [-0.25, -0.2) is 12.6 Å². The van der Waals surface area contributed by atoms with Crippen molar-refractivity contribution in [1.29, 1.82) is 0 Å². The monoisotopic (exact) mass is 945 g/mol. The van der Waals surface area contributed by atoms with E-state index in [1.54, 1.807) is 0 Å². The van der Waals surface area contributed by atoms with Gasteiger partial charge in [0, 0.05) is 27.7 Å². The highest BCUT2D eigenvalue weighted by Gasteiger charge is 2.33. The molecule has 0 spiro atoms. The largest absolute Gasteiger partial charge is 0.397 e. The van der Waals surface area contributed by atoms with Crippen molar-refractivity contribution in [1.82, 2.24) is 15.0 Å². The molecule has 0 radical (unpaired) electrons. The lowest BCUT2D eigenvalue weighted by molar-refractivity contribution is 0.106. The summed E-state index contributed by atoms with van der Waals surface area (Å²) in [7, 11) is -24.1. The molecule has 1 aromatic heterocycles. The summed E-state index contributed by atoms with van der Waals surface area (Å²) in [5, 5.41) is 8.27. The van der Waals surface area contributed by atoms with E-state index in [1.807, 2.05) is 0 Å². The average molecular weight is 946 g/mol. The number of fused-ring (bicyclic) bond motifs is 2. The van der Waals surface area contributed by atoms with Crippen molar-refractivity contribution in [3.63, 3.8) is 0 Å². The van der Waals surface area contributed by atoms with Gasteiger partial charge >= 0.3 is 10.4 Å². The van der Waals surface area contributed by atoms with E-state index >= 15 is 0 Å². The Morgan fingerprint density at radius 1 is 0.700 bits per heavy atom. The Kier molecular flexibility index (Phi) is 11.9. The van der Waals surface area contributed by atoms with Crippen LogP contribution in [0.3, 0.4) is 0 Å². The second-order valence-electron chi connectivity index (χ2n) is 12.0. The SMILES string of the molecule is O=C1/C(=N/Nc2ccc3c(S(=O)(=O)O)cccc3c2S(=O)(=O)O)C(S(=O)(=O)O)=Cc2cc(Nc3nc(Cl)nc(Nc4ccc(S(=O)(=O)CCOS(=O)(=O)O)cc4)n3)ccc21. The molecule has 0 unspecified atom stereocenters. The highest BCUT2D eigenvalue weighted by atomic mass is 35.5. The van der Waals surface area contributed by atoms with Crippen LogP contribution in [0, 0.1) is 0 Å². The molecule has 7 N–H and O–H groups in total. The molecule has 0 amide bonds. The normalized spacial score (nSPS) is 14.4. The van der Waals surface area contributed by atoms with Crippen LogP contribution in [0.25, 0.3) is 16.8 Å². The number of anilines is 5. The van der Waals surface area contributed by atoms with E-state index < -0.39 is 100 Å².